The van der Waals surface area contributed by atoms with Crippen molar-refractivity contribution < 1.29 is 8.42 Å². The molecule has 0 aliphatic carbocycles. The first-order chi connectivity index (χ1) is 11.4. The first kappa shape index (κ1) is 16.4. The maximum Gasteiger partial charge on any atom is 0.228 e. The zero-order valence-electron chi connectivity index (χ0n) is 13.8. The Labute approximate surface area is 140 Å². The van der Waals surface area contributed by atoms with E-state index >= 15 is 0 Å². The van der Waals surface area contributed by atoms with Crippen LogP contribution in [0, 0.1) is 0 Å². The summed E-state index contributed by atoms with van der Waals surface area (Å²) in [5.41, 5.74) is 0.848. The quantitative estimate of drug-likeness (QED) is 0.708. The van der Waals surface area contributed by atoms with Gasteiger partial charge < -0.3 is 4.57 Å². The molecular formula is C16H19N5O2S. The normalized spacial score (nSPS) is 12.0. The third-order valence-electron chi connectivity index (χ3n) is 3.67. The Morgan fingerprint density at radius 1 is 1.17 bits per heavy atom. The summed E-state index contributed by atoms with van der Waals surface area (Å²) in [6.45, 7) is 3.83. The molecule has 0 atom stereocenters. The van der Waals surface area contributed by atoms with Crippen LogP contribution >= 0.6 is 0 Å². The lowest BCUT2D eigenvalue weighted by Gasteiger charge is -2.11. The average Bonchev–Trinajstić information content (AvgIpc) is 3.16. The number of imidazole rings is 1. The summed E-state index contributed by atoms with van der Waals surface area (Å²) in [4.78, 5) is 8.40. The highest BCUT2D eigenvalue weighted by Crippen LogP contribution is 2.20. The maximum absolute atomic E-state index is 12.7. The van der Waals surface area contributed by atoms with E-state index in [0.717, 1.165) is 5.56 Å². The van der Waals surface area contributed by atoms with Crippen molar-refractivity contribution in [2.75, 3.05) is 0 Å². The Balaban J connectivity index is 1.94. The lowest BCUT2D eigenvalue weighted by Crippen LogP contribution is -2.16. The predicted molar refractivity (Wildman–Crippen MR) is 89.9 cm³/mol. The highest BCUT2D eigenvalue weighted by Gasteiger charge is 2.25. The van der Waals surface area contributed by atoms with Crippen molar-refractivity contribution in [2.45, 2.75) is 30.8 Å². The van der Waals surface area contributed by atoms with Gasteiger partial charge in [0.15, 0.2) is 5.82 Å². The summed E-state index contributed by atoms with van der Waals surface area (Å²) in [7, 11) is -1.91. The fraction of sp³-hybridized carbons (Fsp3) is 0.312. The Bertz CT molecular complexity index is 942. The van der Waals surface area contributed by atoms with Gasteiger partial charge in [-0.2, -0.15) is 5.10 Å². The van der Waals surface area contributed by atoms with E-state index in [2.05, 4.69) is 15.1 Å². The minimum Gasteiger partial charge on any atom is -0.319 e. The number of hydrogen-bond donors (Lipinski definition) is 0. The molecule has 0 unspecified atom stereocenters. The second-order valence-electron chi connectivity index (χ2n) is 5.81. The van der Waals surface area contributed by atoms with Crippen molar-refractivity contribution >= 4 is 9.84 Å². The van der Waals surface area contributed by atoms with Crippen LogP contribution in [0.2, 0.25) is 0 Å². The van der Waals surface area contributed by atoms with Crippen molar-refractivity contribution in [1.29, 1.82) is 0 Å². The number of sulfone groups is 1. The minimum atomic E-state index is -3.61. The molecule has 2 heterocycles. The summed E-state index contributed by atoms with van der Waals surface area (Å²) in [5.74, 6) is 0.648. The molecule has 1 aromatic carbocycles. The molecule has 0 radical (unpaired) electrons. The third-order valence-corrected chi connectivity index (χ3v) is 5.18. The summed E-state index contributed by atoms with van der Waals surface area (Å²) >= 11 is 0. The van der Waals surface area contributed by atoms with E-state index in [1.165, 1.54) is 10.9 Å². The van der Waals surface area contributed by atoms with Crippen LogP contribution in [0.15, 0.2) is 47.9 Å². The second-order valence-corrected chi connectivity index (χ2v) is 7.69. The molecule has 0 aliphatic rings. The van der Waals surface area contributed by atoms with E-state index in [0.29, 0.717) is 11.6 Å². The molecular weight excluding hydrogens is 326 g/mol. The average molecular weight is 345 g/mol. The Morgan fingerprint density at radius 2 is 1.88 bits per heavy atom. The Morgan fingerprint density at radius 3 is 2.54 bits per heavy atom. The minimum absolute atomic E-state index is 0.0108. The number of aryl methyl sites for hydroxylation is 1. The number of nitrogens with zero attached hydrogens (tertiary/aromatic N) is 5. The second kappa shape index (κ2) is 6.20. The van der Waals surface area contributed by atoms with Crippen molar-refractivity contribution in [3.8, 4) is 11.4 Å². The van der Waals surface area contributed by atoms with Crippen LogP contribution in [0.3, 0.4) is 0 Å². The Hall–Kier alpha value is -2.48. The summed E-state index contributed by atoms with van der Waals surface area (Å²) in [6, 6.07) is 9.47. The van der Waals surface area contributed by atoms with E-state index in [4.69, 9.17) is 0 Å². The van der Waals surface area contributed by atoms with Gasteiger partial charge in [-0.3, -0.25) is 4.68 Å². The predicted octanol–water partition coefficient (Wildman–Crippen LogP) is 2.23. The number of benzene rings is 1. The van der Waals surface area contributed by atoms with Gasteiger partial charge in [0.05, 0.1) is 0 Å². The SMILES string of the molecule is CC(C)n1ccnc1S(=O)(=O)Cc1nc(-c2ccccc2)nn1C. The van der Waals surface area contributed by atoms with Gasteiger partial charge in [-0.05, 0) is 13.8 Å². The van der Waals surface area contributed by atoms with E-state index in [9.17, 15) is 8.42 Å². The molecule has 0 N–H and O–H groups in total. The molecule has 0 saturated carbocycles. The van der Waals surface area contributed by atoms with Gasteiger partial charge in [-0.25, -0.2) is 18.4 Å². The lowest BCUT2D eigenvalue weighted by molar-refractivity contribution is 0.518. The smallest absolute Gasteiger partial charge is 0.228 e. The number of hydrogen-bond acceptors (Lipinski definition) is 5. The molecule has 0 amide bonds. The van der Waals surface area contributed by atoms with Crippen LogP contribution in [-0.4, -0.2) is 32.7 Å². The van der Waals surface area contributed by atoms with Crippen LogP contribution in [0.5, 0.6) is 0 Å². The van der Waals surface area contributed by atoms with E-state index in [1.807, 2.05) is 44.2 Å². The molecule has 2 aromatic heterocycles. The van der Waals surface area contributed by atoms with E-state index in [1.54, 1.807) is 17.8 Å². The van der Waals surface area contributed by atoms with Gasteiger partial charge in [0.25, 0.3) is 0 Å². The zero-order valence-corrected chi connectivity index (χ0v) is 14.6. The van der Waals surface area contributed by atoms with E-state index in [-0.39, 0.29) is 17.0 Å². The largest absolute Gasteiger partial charge is 0.319 e. The van der Waals surface area contributed by atoms with Crippen molar-refractivity contribution in [3.63, 3.8) is 0 Å². The highest BCUT2D eigenvalue weighted by atomic mass is 32.2. The molecule has 3 aromatic rings. The van der Waals surface area contributed by atoms with Crippen LogP contribution in [0.25, 0.3) is 11.4 Å². The van der Waals surface area contributed by atoms with Crippen LogP contribution < -0.4 is 0 Å². The number of aromatic nitrogens is 5. The molecule has 0 aliphatic heterocycles. The summed E-state index contributed by atoms with van der Waals surface area (Å²) in [5, 5.41) is 4.37. The molecule has 0 bridgehead atoms. The van der Waals surface area contributed by atoms with Gasteiger partial charge in [-0.1, -0.05) is 30.3 Å². The molecule has 7 nitrogen and oxygen atoms in total. The fourth-order valence-corrected chi connectivity index (χ4v) is 3.95. The van der Waals surface area contributed by atoms with Gasteiger partial charge in [0, 0.05) is 31.0 Å². The highest BCUT2D eigenvalue weighted by molar-refractivity contribution is 7.90. The number of rotatable bonds is 5. The first-order valence-electron chi connectivity index (χ1n) is 7.59. The monoisotopic (exact) mass is 345 g/mol. The first-order valence-corrected chi connectivity index (χ1v) is 9.24. The molecule has 0 fully saturated rings. The maximum atomic E-state index is 12.7. The topological polar surface area (TPSA) is 82.7 Å². The summed E-state index contributed by atoms with van der Waals surface area (Å²) in [6.07, 6.45) is 3.17. The fourth-order valence-electron chi connectivity index (χ4n) is 2.42. The van der Waals surface area contributed by atoms with Crippen molar-refractivity contribution in [1.82, 2.24) is 24.3 Å². The van der Waals surface area contributed by atoms with Gasteiger partial charge in [0.1, 0.15) is 11.6 Å². The van der Waals surface area contributed by atoms with Gasteiger partial charge >= 0.3 is 0 Å². The molecule has 0 saturated heterocycles. The zero-order chi connectivity index (χ0) is 17.3. The van der Waals surface area contributed by atoms with E-state index < -0.39 is 9.84 Å². The van der Waals surface area contributed by atoms with Crippen LogP contribution in [0.4, 0.5) is 0 Å². The molecule has 24 heavy (non-hydrogen) atoms. The molecule has 3 rings (SSSR count). The van der Waals surface area contributed by atoms with Crippen LogP contribution in [-0.2, 0) is 22.6 Å². The molecule has 126 valence electrons. The Kier molecular flexibility index (Phi) is 4.23. The third kappa shape index (κ3) is 3.09. The lowest BCUT2D eigenvalue weighted by atomic mass is 10.2. The summed E-state index contributed by atoms with van der Waals surface area (Å²) < 4.78 is 28.6. The molecule has 0 spiro atoms. The standard InChI is InChI=1S/C16H19N5O2S/c1-12(2)21-10-9-17-16(21)24(22,23)11-14-18-15(19-20(14)3)13-7-5-4-6-8-13/h4-10,12H,11H2,1-3H3. The van der Waals surface area contributed by atoms with Crippen molar-refractivity contribution in [2.24, 2.45) is 7.05 Å². The van der Waals surface area contributed by atoms with Crippen LogP contribution in [0.1, 0.15) is 25.7 Å². The van der Waals surface area contributed by atoms with Gasteiger partial charge in [0.2, 0.25) is 15.0 Å². The van der Waals surface area contributed by atoms with Gasteiger partial charge in [-0.15, -0.1) is 0 Å². The van der Waals surface area contributed by atoms with Crippen molar-refractivity contribution in [3.05, 3.63) is 48.5 Å². The molecule has 8 heteroatoms.